The van der Waals surface area contributed by atoms with Gasteiger partial charge >= 0.3 is 0 Å². The van der Waals surface area contributed by atoms with Crippen molar-refractivity contribution in [2.45, 2.75) is 45.4 Å². The summed E-state index contributed by atoms with van der Waals surface area (Å²) < 4.78 is 0. The summed E-state index contributed by atoms with van der Waals surface area (Å²) in [6.45, 7) is 5.54. The van der Waals surface area contributed by atoms with Gasteiger partial charge in [-0.05, 0) is 45.2 Å². The van der Waals surface area contributed by atoms with E-state index in [1.807, 2.05) is 18.9 Å². The van der Waals surface area contributed by atoms with Gasteiger partial charge in [-0.1, -0.05) is 6.92 Å². The lowest BCUT2D eigenvalue weighted by molar-refractivity contribution is -0.132. The summed E-state index contributed by atoms with van der Waals surface area (Å²) in [5.74, 6) is 0.965. The summed E-state index contributed by atoms with van der Waals surface area (Å²) in [5.41, 5.74) is 0. The van der Waals surface area contributed by atoms with Crippen LogP contribution < -0.4 is 10.6 Å². The maximum Gasteiger partial charge on any atom is 0.222 e. The van der Waals surface area contributed by atoms with Crippen molar-refractivity contribution >= 4 is 24.2 Å². The van der Waals surface area contributed by atoms with E-state index < -0.39 is 0 Å². The minimum Gasteiger partial charge on any atom is -0.356 e. The number of piperidine rings is 1. The fourth-order valence-electron chi connectivity index (χ4n) is 2.59. The van der Waals surface area contributed by atoms with Crippen molar-refractivity contribution in [3.8, 4) is 0 Å². The third-order valence-corrected chi connectivity index (χ3v) is 3.83. The van der Waals surface area contributed by atoms with Crippen molar-refractivity contribution in [1.29, 1.82) is 0 Å². The zero-order valence-electron chi connectivity index (χ0n) is 13.3. The van der Waals surface area contributed by atoms with Crippen molar-refractivity contribution < 1.29 is 9.59 Å². The summed E-state index contributed by atoms with van der Waals surface area (Å²) in [6, 6.07) is 0. The molecule has 124 valence electrons. The molecule has 21 heavy (non-hydrogen) atoms. The number of hydrogen-bond acceptors (Lipinski definition) is 3. The van der Waals surface area contributed by atoms with Crippen LogP contribution in [0.4, 0.5) is 0 Å². The van der Waals surface area contributed by atoms with Crippen LogP contribution in [-0.4, -0.2) is 49.9 Å². The van der Waals surface area contributed by atoms with Crippen LogP contribution in [0.1, 0.15) is 45.4 Å². The van der Waals surface area contributed by atoms with Crippen LogP contribution in [0, 0.1) is 5.92 Å². The van der Waals surface area contributed by atoms with Crippen molar-refractivity contribution in [3.63, 3.8) is 0 Å². The van der Waals surface area contributed by atoms with Crippen molar-refractivity contribution in [3.05, 3.63) is 0 Å². The molecule has 0 aliphatic carbocycles. The number of rotatable bonds is 8. The molecular formula is C15H30ClN3O2. The Balaban J connectivity index is 0.00000400. The fraction of sp³-hybridized carbons (Fsp3) is 0.867. The molecule has 0 bridgehead atoms. The third-order valence-electron chi connectivity index (χ3n) is 3.83. The van der Waals surface area contributed by atoms with Gasteiger partial charge in [0.2, 0.25) is 11.8 Å². The molecule has 0 aromatic carbocycles. The van der Waals surface area contributed by atoms with Crippen LogP contribution in [0.3, 0.4) is 0 Å². The van der Waals surface area contributed by atoms with Gasteiger partial charge in [0.25, 0.3) is 0 Å². The number of nitrogens with zero attached hydrogens (tertiary/aromatic N) is 1. The van der Waals surface area contributed by atoms with E-state index in [0.29, 0.717) is 25.2 Å². The van der Waals surface area contributed by atoms with E-state index in [9.17, 15) is 9.59 Å². The number of likely N-dealkylation sites (tertiary alicyclic amines) is 1. The molecule has 1 rings (SSSR count). The molecular weight excluding hydrogens is 290 g/mol. The van der Waals surface area contributed by atoms with Gasteiger partial charge in [-0.3, -0.25) is 9.59 Å². The summed E-state index contributed by atoms with van der Waals surface area (Å²) in [7, 11) is 1.97. The molecule has 1 fully saturated rings. The Hall–Kier alpha value is -0.810. The highest BCUT2D eigenvalue weighted by Crippen LogP contribution is 2.17. The summed E-state index contributed by atoms with van der Waals surface area (Å²) in [4.78, 5) is 25.4. The Morgan fingerprint density at radius 1 is 1.19 bits per heavy atom. The van der Waals surface area contributed by atoms with Crippen molar-refractivity contribution in [1.82, 2.24) is 15.5 Å². The van der Waals surface area contributed by atoms with Crippen molar-refractivity contribution in [2.75, 3.05) is 33.2 Å². The number of carbonyl (C=O) groups is 2. The normalized spacial score (nSPS) is 15.4. The number of hydrogen-bond donors (Lipinski definition) is 2. The molecule has 0 unspecified atom stereocenters. The van der Waals surface area contributed by atoms with E-state index in [2.05, 4.69) is 10.6 Å². The lowest BCUT2D eigenvalue weighted by atomic mass is 9.96. The smallest absolute Gasteiger partial charge is 0.222 e. The molecule has 6 heteroatoms. The SMILES string of the molecule is CCCNC(=O)CCCC(=O)N1CCC(CNC)CC1.Cl. The van der Waals surface area contributed by atoms with Gasteiger partial charge in [0.1, 0.15) is 0 Å². The highest BCUT2D eigenvalue weighted by Gasteiger charge is 2.21. The molecule has 0 radical (unpaired) electrons. The Morgan fingerprint density at radius 3 is 2.43 bits per heavy atom. The predicted octanol–water partition coefficient (Wildman–Crippen LogP) is 1.56. The molecule has 0 atom stereocenters. The highest BCUT2D eigenvalue weighted by molar-refractivity contribution is 5.85. The van der Waals surface area contributed by atoms with Crippen molar-refractivity contribution in [2.24, 2.45) is 5.92 Å². The average Bonchev–Trinajstić information content (AvgIpc) is 2.46. The summed E-state index contributed by atoms with van der Waals surface area (Å²) >= 11 is 0. The number of nitrogens with one attached hydrogen (secondary N) is 2. The largest absolute Gasteiger partial charge is 0.356 e. The number of halogens is 1. The second-order valence-electron chi connectivity index (χ2n) is 5.59. The first-order chi connectivity index (χ1) is 9.67. The van der Waals surface area contributed by atoms with Crippen LogP contribution in [0.5, 0.6) is 0 Å². The van der Waals surface area contributed by atoms with Gasteiger partial charge in [-0.2, -0.15) is 0 Å². The first-order valence-electron chi connectivity index (χ1n) is 7.86. The lowest BCUT2D eigenvalue weighted by Crippen LogP contribution is -2.40. The molecule has 0 aromatic heterocycles. The van der Waals surface area contributed by atoms with E-state index in [1.54, 1.807) is 0 Å². The number of carbonyl (C=O) groups excluding carboxylic acids is 2. The maximum atomic E-state index is 12.0. The second-order valence-corrected chi connectivity index (χ2v) is 5.59. The van der Waals surface area contributed by atoms with E-state index in [0.717, 1.165) is 45.4 Å². The minimum absolute atomic E-state index is 0. The van der Waals surface area contributed by atoms with Gasteiger partial charge in [-0.15, -0.1) is 12.4 Å². The van der Waals surface area contributed by atoms with Crippen LogP contribution >= 0.6 is 12.4 Å². The van der Waals surface area contributed by atoms with Crippen LogP contribution in [0.15, 0.2) is 0 Å². The standard InChI is InChI=1S/C15H29N3O2.ClH/c1-3-9-17-14(19)5-4-6-15(20)18-10-7-13(8-11-18)12-16-2;/h13,16H,3-12H2,1-2H3,(H,17,19);1H. The number of amides is 2. The molecule has 1 aliphatic heterocycles. The van der Waals surface area contributed by atoms with Gasteiger partial charge in [0.15, 0.2) is 0 Å². The van der Waals surface area contributed by atoms with Gasteiger partial charge in [0.05, 0.1) is 0 Å². The minimum atomic E-state index is 0. The molecule has 1 heterocycles. The van der Waals surface area contributed by atoms with Gasteiger partial charge in [0, 0.05) is 32.5 Å². The Labute approximate surface area is 134 Å². The molecule has 0 aromatic rings. The molecule has 2 N–H and O–H groups in total. The van der Waals surface area contributed by atoms with Crippen LogP contribution in [0.2, 0.25) is 0 Å². The Morgan fingerprint density at radius 2 is 1.86 bits per heavy atom. The molecule has 1 aliphatic rings. The highest BCUT2D eigenvalue weighted by atomic mass is 35.5. The van der Waals surface area contributed by atoms with Gasteiger partial charge < -0.3 is 15.5 Å². The summed E-state index contributed by atoms with van der Waals surface area (Å²) in [5, 5.41) is 6.03. The van der Waals surface area contributed by atoms with E-state index in [1.165, 1.54) is 0 Å². The Bertz CT molecular complexity index is 305. The fourth-order valence-corrected chi connectivity index (χ4v) is 2.59. The topological polar surface area (TPSA) is 61.4 Å². The maximum absolute atomic E-state index is 12.0. The second kappa shape index (κ2) is 11.8. The third kappa shape index (κ3) is 8.27. The Kier molecular flexibility index (Phi) is 11.4. The van der Waals surface area contributed by atoms with E-state index >= 15 is 0 Å². The quantitative estimate of drug-likeness (QED) is 0.714. The monoisotopic (exact) mass is 319 g/mol. The predicted molar refractivity (Wildman–Crippen MR) is 87.6 cm³/mol. The molecule has 5 nitrogen and oxygen atoms in total. The molecule has 1 saturated heterocycles. The molecule has 2 amide bonds. The summed E-state index contributed by atoms with van der Waals surface area (Å²) in [6.07, 6.45) is 4.74. The average molecular weight is 320 g/mol. The first kappa shape index (κ1) is 20.2. The lowest BCUT2D eigenvalue weighted by Gasteiger charge is -2.32. The van der Waals surface area contributed by atoms with E-state index in [-0.39, 0.29) is 24.2 Å². The van der Waals surface area contributed by atoms with Crippen LogP contribution in [0.25, 0.3) is 0 Å². The van der Waals surface area contributed by atoms with Gasteiger partial charge in [-0.25, -0.2) is 0 Å². The molecule has 0 spiro atoms. The zero-order valence-corrected chi connectivity index (χ0v) is 14.1. The first-order valence-corrected chi connectivity index (χ1v) is 7.86. The van der Waals surface area contributed by atoms with Crippen LogP contribution in [-0.2, 0) is 9.59 Å². The molecule has 0 saturated carbocycles. The zero-order chi connectivity index (χ0) is 14.8. The van der Waals surface area contributed by atoms with E-state index in [4.69, 9.17) is 0 Å².